The largest absolute Gasteiger partial charge is 0.323 e. The summed E-state index contributed by atoms with van der Waals surface area (Å²) < 4.78 is 1.90. The van der Waals surface area contributed by atoms with E-state index in [1.54, 1.807) is 12.5 Å². The van der Waals surface area contributed by atoms with E-state index in [0.717, 1.165) is 16.8 Å². The van der Waals surface area contributed by atoms with E-state index >= 15 is 0 Å². The van der Waals surface area contributed by atoms with Gasteiger partial charge in [0.15, 0.2) is 5.54 Å². The van der Waals surface area contributed by atoms with Crippen molar-refractivity contribution in [1.82, 2.24) is 9.55 Å². The Morgan fingerprint density at radius 3 is 2.60 bits per heavy atom. The molecule has 0 bridgehead atoms. The molecule has 0 fully saturated rings. The number of nitrogens with zero attached hydrogens (tertiary/aromatic N) is 2. The van der Waals surface area contributed by atoms with Gasteiger partial charge in [-0.2, -0.15) is 0 Å². The molecule has 0 spiro atoms. The summed E-state index contributed by atoms with van der Waals surface area (Å²) in [4.78, 5) is 17.5. The number of fused-ring (bicyclic) bond motifs is 1. The number of aromatic nitrogens is 2. The van der Waals surface area contributed by atoms with E-state index in [9.17, 15) is 4.79 Å². The monoisotopic (exact) mass is 331 g/mol. The fraction of sp³-hybridized carbons (Fsp3) is 0.238. The van der Waals surface area contributed by atoms with Crippen molar-refractivity contribution in [2.24, 2.45) is 0 Å². The number of hydrogen-bond donors (Lipinski definition) is 1. The molecule has 1 aliphatic rings. The summed E-state index contributed by atoms with van der Waals surface area (Å²) in [5.74, 6) is -0.0576. The molecule has 1 aromatic heterocycles. The van der Waals surface area contributed by atoms with Gasteiger partial charge in [0, 0.05) is 23.6 Å². The molecule has 2 heterocycles. The van der Waals surface area contributed by atoms with Crippen LogP contribution in [0.15, 0.2) is 67.3 Å². The van der Waals surface area contributed by atoms with Crippen molar-refractivity contribution < 1.29 is 4.79 Å². The lowest BCUT2D eigenvalue weighted by molar-refractivity contribution is -0.120. The fourth-order valence-corrected chi connectivity index (χ4v) is 3.60. The molecule has 126 valence electrons. The molecule has 0 saturated heterocycles. The third kappa shape index (κ3) is 2.21. The summed E-state index contributed by atoms with van der Waals surface area (Å²) in [5.41, 5.74) is 3.00. The van der Waals surface area contributed by atoms with E-state index in [1.165, 1.54) is 5.56 Å². The van der Waals surface area contributed by atoms with E-state index < -0.39 is 5.54 Å². The molecule has 4 nitrogen and oxygen atoms in total. The molecule has 4 heteroatoms. The van der Waals surface area contributed by atoms with E-state index in [4.69, 9.17) is 0 Å². The topological polar surface area (TPSA) is 46.9 Å². The Kier molecular flexibility index (Phi) is 3.32. The smallest absolute Gasteiger partial charge is 0.260 e. The number of para-hydroxylation sites is 1. The molecular formula is C21H21N3O. The number of nitrogens with one attached hydrogen (secondary N) is 1. The van der Waals surface area contributed by atoms with Gasteiger partial charge in [0.05, 0.1) is 6.33 Å². The second-order valence-corrected chi connectivity index (χ2v) is 7.51. The van der Waals surface area contributed by atoms with E-state index in [1.807, 2.05) is 47.2 Å². The van der Waals surface area contributed by atoms with Crippen LogP contribution in [-0.2, 0) is 15.7 Å². The Morgan fingerprint density at radius 1 is 1.08 bits per heavy atom. The highest BCUT2D eigenvalue weighted by Crippen LogP contribution is 2.44. The van der Waals surface area contributed by atoms with Crippen molar-refractivity contribution in [2.45, 2.75) is 31.7 Å². The molecule has 0 saturated carbocycles. The quantitative estimate of drug-likeness (QED) is 0.773. The summed E-state index contributed by atoms with van der Waals surface area (Å²) in [6, 6.07) is 16.2. The van der Waals surface area contributed by atoms with Crippen LogP contribution >= 0.6 is 0 Å². The van der Waals surface area contributed by atoms with Crippen LogP contribution in [0.3, 0.4) is 0 Å². The third-order valence-corrected chi connectivity index (χ3v) is 4.93. The number of rotatable bonds is 2. The SMILES string of the molecule is CC(C)(C)c1cccc(C2(n3ccnc3)C(=O)Nc3ccccc32)c1. The minimum absolute atomic E-state index is 0.000730. The normalized spacial score (nSPS) is 19.6. The van der Waals surface area contributed by atoms with Gasteiger partial charge in [0.1, 0.15) is 0 Å². The highest BCUT2D eigenvalue weighted by molar-refractivity contribution is 6.08. The van der Waals surface area contributed by atoms with Crippen molar-refractivity contribution in [2.75, 3.05) is 5.32 Å². The maximum absolute atomic E-state index is 13.3. The van der Waals surface area contributed by atoms with Crippen molar-refractivity contribution in [1.29, 1.82) is 0 Å². The summed E-state index contributed by atoms with van der Waals surface area (Å²) in [7, 11) is 0. The zero-order valence-corrected chi connectivity index (χ0v) is 14.7. The van der Waals surface area contributed by atoms with Gasteiger partial charge in [-0.1, -0.05) is 63.2 Å². The molecule has 4 rings (SSSR count). The van der Waals surface area contributed by atoms with Gasteiger partial charge in [0.25, 0.3) is 5.91 Å². The van der Waals surface area contributed by atoms with Crippen LogP contribution in [0.5, 0.6) is 0 Å². The van der Waals surface area contributed by atoms with Crippen LogP contribution in [0.2, 0.25) is 0 Å². The summed E-state index contributed by atoms with van der Waals surface area (Å²) in [6.07, 6.45) is 5.28. The average Bonchev–Trinajstić information content (AvgIpc) is 3.20. The van der Waals surface area contributed by atoms with Crippen LogP contribution in [0.25, 0.3) is 0 Å². The van der Waals surface area contributed by atoms with Gasteiger partial charge < -0.3 is 9.88 Å². The van der Waals surface area contributed by atoms with E-state index in [-0.39, 0.29) is 11.3 Å². The van der Waals surface area contributed by atoms with Gasteiger partial charge in [-0.05, 0) is 22.6 Å². The number of anilines is 1. The van der Waals surface area contributed by atoms with Crippen molar-refractivity contribution in [3.63, 3.8) is 0 Å². The molecule has 1 amide bonds. The predicted octanol–water partition coefficient (Wildman–Crippen LogP) is 3.92. The van der Waals surface area contributed by atoms with Gasteiger partial charge >= 0.3 is 0 Å². The third-order valence-electron chi connectivity index (χ3n) is 4.93. The van der Waals surface area contributed by atoms with Gasteiger partial charge in [-0.15, -0.1) is 0 Å². The minimum Gasteiger partial charge on any atom is -0.323 e. The minimum atomic E-state index is -0.936. The van der Waals surface area contributed by atoms with Gasteiger partial charge in [0.2, 0.25) is 0 Å². The maximum atomic E-state index is 13.3. The van der Waals surface area contributed by atoms with Gasteiger partial charge in [-0.3, -0.25) is 4.79 Å². The van der Waals surface area contributed by atoms with Gasteiger partial charge in [-0.25, -0.2) is 4.98 Å². The lowest BCUT2D eigenvalue weighted by Gasteiger charge is -2.31. The highest BCUT2D eigenvalue weighted by atomic mass is 16.2. The number of benzene rings is 2. The molecule has 1 N–H and O–H groups in total. The fourth-order valence-electron chi connectivity index (χ4n) is 3.60. The van der Waals surface area contributed by atoms with Crippen LogP contribution < -0.4 is 5.32 Å². The molecule has 0 radical (unpaired) electrons. The zero-order valence-electron chi connectivity index (χ0n) is 14.7. The Hall–Kier alpha value is -2.88. The highest BCUT2D eigenvalue weighted by Gasteiger charge is 2.50. The van der Waals surface area contributed by atoms with E-state index in [0.29, 0.717) is 0 Å². The average molecular weight is 331 g/mol. The molecular weight excluding hydrogens is 310 g/mol. The van der Waals surface area contributed by atoms with E-state index in [2.05, 4.69) is 43.2 Å². The Balaban J connectivity index is 2.04. The lowest BCUT2D eigenvalue weighted by Crippen LogP contribution is -2.42. The van der Waals surface area contributed by atoms with Crippen LogP contribution in [-0.4, -0.2) is 15.5 Å². The van der Waals surface area contributed by atoms with Crippen LogP contribution in [0.4, 0.5) is 5.69 Å². The Bertz CT molecular complexity index is 938. The first-order valence-corrected chi connectivity index (χ1v) is 8.44. The van der Waals surface area contributed by atoms with Crippen LogP contribution in [0, 0.1) is 0 Å². The predicted molar refractivity (Wildman–Crippen MR) is 98.6 cm³/mol. The summed E-state index contributed by atoms with van der Waals surface area (Å²) >= 11 is 0. The Morgan fingerprint density at radius 2 is 1.88 bits per heavy atom. The number of hydrogen-bond acceptors (Lipinski definition) is 2. The number of imidazole rings is 1. The molecule has 0 aliphatic carbocycles. The second kappa shape index (κ2) is 5.31. The lowest BCUT2D eigenvalue weighted by atomic mass is 9.79. The first-order chi connectivity index (χ1) is 11.9. The first-order valence-electron chi connectivity index (χ1n) is 8.44. The molecule has 1 aliphatic heterocycles. The first kappa shape index (κ1) is 15.6. The Labute approximate surface area is 147 Å². The second-order valence-electron chi connectivity index (χ2n) is 7.51. The summed E-state index contributed by atoms with van der Waals surface area (Å²) in [5, 5.41) is 3.05. The van der Waals surface area contributed by atoms with Crippen molar-refractivity contribution in [3.8, 4) is 0 Å². The number of amides is 1. The molecule has 2 aromatic carbocycles. The molecule has 25 heavy (non-hydrogen) atoms. The molecule has 1 atom stereocenters. The van der Waals surface area contributed by atoms with Crippen molar-refractivity contribution >= 4 is 11.6 Å². The standard InChI is InChI=1S/C21H21N3O/c1-20(2,3)15-7-6-8-16(13-15)21(24-12-11-22-14-24)17-9-4-5-10-18(17)23-19(21)25/h4-14H,1-3H3,(H,23,25). The summed E-state index contributed by atoms with van der Waals surface area (Å²) in [6.45, 7) is 6.54. The van der Waals surface area contributed by atoms with Crippen LogP contribution in [0.1, 0.15) is 37.5 Å². The molecule has 3 aromatic rings. The zero-order chi connectivity index (χ0) is 17.7. The maximum Gasteiger partial charge on any atom is 0.260 e. The van der Waals surface area contributed by atoms with Crippen molar-refractivity contribution in [3.05, 3.63) is 83.9 Å². The number of carbonyl (C=O) groups is 1. The number of carbonyl (C=O) groups excluding carboxylic acids is 1. The molecule has 1 unspecified atom stereocenters.